The zero-order chi connectivity index (χ0) is 38.5. The third-order valence-corrected chi connectivity index (χ3v) is 12.7. The Bertz CT molecular complexity index is 2340. The number of sulfonamides is 1. The fourth-order valence-electron chi connectivity index (χ4n) is 7.70. The Balaban J connectivity index is 1.13. The van der Waals surface area contributed by atoms with E-state index in [-0.39, 0.29) is 37.4 Å². The summed E-state index contributed by atoms with van der Waals surface area (Å²) in [5, 5.41) is 10.7. The molecule has 288 valence electrons. The van der Waals surface area contributed by atoms with Crippen LogP contribution in [0.3, 0.4) is 0 Å². The molecular formula is C39H41FN6O8S. The van der Waals surface area contributed by atoms with Gasteiger partial charge in [0, 0.05) is 29.2 Å². The Kier molecular flexibility index (Phi) is 9.55. The van der Waals surface area contributed by atoms with Crippen molar-refractivity contribution in [1.29, 1.82) is 0 Å². The van der Waals surface area contributed by atoms with Crippen molar-refractivity contribution in [2.45, 2.75) is 93.7 Å². The number of para-hydroxylation sites is 1. The molecule has 0 unspecified atom stereocenters. The maximum atomic E-state index is 14.6. The summed E-state index contributed by atoms with van der Waals surface area (Å²) in [6.45, 7) is 1.54. The van der Waals surface area contributed by atoms with Gasteiger partial charge in [0.15, 0.2) is 5.69 Å². The monoisotopic (exact) mass is 772 g/mol. The molecule has 2 aliphatic carbocycles. The Hall–Kier alpha value is -5.38. The lowest BCUT2D eigenvalue weighted by atomic mass is 10.0. The highest BCUT2D eigenvalue weighted by Crippen LogP contribution is 2.46. The van der Waals surface area contributed by atoms with E-state index < -0.39 is 74.4 Å². The molecule has 8 rings (SSSR count). The van der Waals surface area contributed by atoms with Gasteiger partial charge in [-0.3, -0.25) is 23.9 Å². The molecule has 4 aliphatic rings. The van der Waals surface area contributed by atoms with Crippen LogP contribution < -0.4 is 20.1 Å². The van der Waals surface area contributed by atoms with Gasteiger partial charge in [-0.25, -0.2) is 17.8 Å². The number of aryl methyl sites for hydroxylation is 1. The molecule has 2 aromatic carbocycles. The molecule has 4 aromatic rings. The second kappa shape index (κ2) is 14.4. The number of ether oxygens (including phenoxy) is 1. The van der Waals surface area contributed by atoms with Crippen LogP contribution in [0, 0.1) is 18.7 Å². The Morgan fingerprint density at radius 2 is 1.85 bits per heavy atom. The van der Waals surface area contributed by atoms with Crippen molar-refractivity contribution < 1.29 is 41.2 Å². The second-order valence-electron chi connectivity index (χ2n) is 15.0. The standard InChI is InChI=1S/C39H41FN6O8S/c1-22-17-32(44-54-22)34(47)41-31-12-6-4-2-3-5-9-23-20-39(23,38(50)45-55(51,52)26-14-15-26)43-35(48)33-19-25(21-46(33)37(31)49)53-36-29-18-24(40)13-16-27(29)28-10-7-8-11-30(28)42-36/h5,7-11,13,16-18,23,25-26,31,33H,2-4,6,12,14-15,19-21H2,1H3,(H,41,47)(H,43,48)(H,45,50)/t23-,25-,31+,33+,39-/m1/s1. The summed E-state index contributed by atoms with van der Waals surface area (Å²) in [7, 11) is -3.92. The minimum absolute atomic E-state index is 0.00128. The number of fused-ring (bicyclic) bond motifs is 5. The number of carbonyl (C=O) groups excluding carboxylic acids is 4. The van der Waals surface area contributed by atoms with Crippen molar-refractivity contribution >= 4 is 55.3 Å². The molecule has 2 saturated carbocycles. The summed E-state index contributed by atoms with van der Waals surface area (Å²) in [5.41, 5.74) is -0.945. The average Bonchev–Trinajstić information content (AvgIpc) is 4.05. The first-order valence-corrected chi connectivity index (χ1v) is 20.2. The molecule has 55 heavy (non-hydrogen) atoms. The van der Waals surface area contributed by atoms with Crippen LogP contribution in [0.5, 0.6) is 5.88 Å². The summed E-state index contributed by atoms with van der Waals surface area (Å²) in [4.78, 5) is 62.1. The molecule has 0 bridgehead atoms. The minimum atomic E-state index is -3.92. The average molecular weight is 773 g/mol. The number of benzene rings is 2. The molecule has 4 amide bonds. The van der Waals surface area contributed by atoms with E-state index in [1.165, 1.54) is 23.1 Å². The lowest BCUT2D eigenvalue weighted by Crippen LogP contribution is -2.58. The predicted octanol–water partition coefficient (Wildman–Crippen LogP) is 3.97. The quantitative estimate of drug-likeness (QED) is 0.183. The van der Waals surface area contributed by atoms with Crippen molar-refractivity contribution in [3.63, 3.8) is 0 Å². The van der Waals surface area contributed by atoms with Gasteiger partial charge in [0.2, 0.25) is 27.7 Å². The summed E-state index contributed by atoms with van der Waals surface area (Å²) in [5.74, 6) is -3.09. The van der Waals surface area contributed by atoms with Crippen molar-refractivity contribution in [2.24, 2.45) is 5.92 Å². The van der Waals surface area contributed by atoms with E-state index in [0.29, 0.717) is 47.7 Å². The number of nitrogens with one attached hydrogen (secondary N) is 3. The van der Waals surface area contributed by atoms with E-state index in [2.05, 4.69) is 20.5 Å². The van der Waals surface area contributed by atoms with Crippen molar-refractivity contribution in [2.75, 3.05) is 6.54 Å². The van der Waals surface area contributed by atoms with Gasteiger partial charge >= 0.3 is 0 Å². The molecule has 2 aromatic heterocycles. The van der Waals surface area contributed by atoms with Crippen LogP contribution in [0.25, 0.3) is 21.7 Å². The zero-order valence-corrected chi connectivity index (χ0v) is 30.9. The molecule has 2 aliphatic heterocycles. The number of hydrogen-bond donors (Lipinski definition) is 3. The van der Waals surface area contributed by atoms with Crippen LogP contribution in [-0.2, 0) is 24.4 Å². The Morgan fingerprint density at radius 1 is 1.04 bits per heavy atom. The second-order valence-corrected chi connectivity index (χ2v) is 16.9. The summed E-state index contributed by atoms with van der Waals surface area (Å²) < 4.78 is 54.1. The van der Waals surface area contributed by atoms with Gasteiger partial charge in [0.25, 0.3) is 11.8 Å². The molecular weight excluding hydrogens is 732 g/mol. The first-order valence-electron chi connectivity index (χ1n) is 18.7. The molecule has 0 radical (unpaired) electrons. The molecule has 5 atom stereocenters. The van der Waals surface area contributed by atoms with Gasteiger partial charge < -0.3 is 24.8 Å². The maximum Gasteiger partial charge on any atom is 0.274 e. The SMILES string of the molecule is Cc1cc(C(=O)N[C@H]2CCCCCC=C[C@@H]3C[C@@]3(C(=O)NS(=O)(=O)C3CC3)NC(=O)[C@@H]3C[C@@H](Oc4nc5ccccc5c5ccc(F)cc45)CN3C2=O)no1. The number of halogens is 1. The van der Waals surface area contributed by atoms with Gasteiger partial charge in [0.1, 0.15) is 35.3 Å². The van der Waals surface area contributed by atoms with Gasteiger partial charge in [0.05, 0.1) is 17.3 Å². The van der Waals surface area contributed by atoms with Gasteiger partial charge in [-0.2, -0.15) is 0 Å². The minimum Gasteiger partial charge on any atom is -0.472 e. The normalized spacial score (nSPS) is 26.0. The smallest absolute Gasteiger partial charge is 0.274 e. The molecule has 4 heterocycles. The van der Waals surface area contributed by atoms with Crippen LogP contribution in [0.4, 0.5) is 4.39 Å². The third-order valence-electron chi connectivity index (χ3n) is 10.9. The van der Waals surface area contributed by atoms with Gasteiger partial charge in [-0.1, -0.05) is 54.4 Å². The summed E-state index contributed by atoms with van der Waals surface area (Å²) in [6.07, 6.45) is 7.00. The highest BCUT2D eigenvalue weighted by Gasteiger charge is 2.62. The first kappa shape index (κ1) is 36.6. The Morgan fingerprint density at radius 3 is 2.64 bits per heavy atom. The Labute approximate surface area is 316 Å². The molecule has 1 saturated heterocycles. The van der Waals surface area contributed by atoms with Crippen LogP contribution >= 0.6 is 0 Å². The molecule has 3 fully saturated rings. The zero-order valence-electron chi connectivity index (χ0n) is 30.1. The van der Waals surface area contributed by atoms with E-state index in [1.54, 1.807) is 19.1 Å². The van der Waals surface area contributed by atoms with Crippen LogP contribution in [0.2, 0.25) is 0 Å². The first-order chi connectivity index (χ1) is 26.4. The molecule has 16 heteroatoms. The van der Waals surface area contributed by atoms with Gasteiger partial charge in [-0.05, 0) is 69.0 Å². The van der Waals surface area contributed by atoms with E-state index in [9.17, 15) is 32.0 Å². The van der Waals surface area contributed by atoms with Crippen molar-refractivity contribution in [3.05, 3.63) is 78.0 Å². The van der Waals surface area contributed by atoms with Crippen LogP contribution in [-0.4, -0.2) is 82.6 Å². The molecule has 14 nitrogen and oxygen atoms in total. The fourth-order valence-corrected chi connectivity index (χ4v) is 9.06. The number of hydrogen-bond acceptors (Lipinski definition) is 10. The number of aromatic nitrogens is 2. The van der Waals surface area contributed by atoms with Crippen molar-refractivity contribution in [3.8, 4) is 5.88 Å². The number of carbonyl (C=O) groups is 4. The number of allylic oxidation sites excluding steroid dienone is 1. The number of amides is 4. The summed E-state index contributed by atoms with van der Waals surface area (Å²) >= 11 is 0. The highest BCUT2D eigenvalue weighted by molar-refractivity contribution is 7.91. The number of nitrogens with zero attached hydrogens (tertiary/aromatic N) is 3. The van der Waals surface area contributed by atoms with Crippen LogP contribution in [0.15, 0.2) is 65.2 Å². The fraction of sp³-hybridized carbons (Fsp3) is 0.436. The van der Waals surface area contributed by atoms with E-state index >= 15 is 0 Å². The lowest BCUT2D eigenvalue weighted by Gasteiger charge is -2.29. The van der Waals surface area contributed by atoms with Gasteiger partial charge in [-0.15, -0.1) is 0 Å². The number of rotatable bonds is 7. The summed E-state index contributed by atoms with van der Waals surface area (Å²) in [6, 6.07) is 10.9. The van der Waals surface area contributed by atoms with E-state index in [1.807, 2.05) is 30.4 Å². The molecule has 3 N–H and O–H groups in total. The van der Waals surface area contributed by atoms with E-state index in [0.717, 1.165) is 18.2 Å². The van der Waals surface area contributed by atoms with Crippen LogP contribution in [0.1, 0.15) is 74.0 Å². The van der Waals surface area contributed by atoms with Crippen molar-refractivity contribution in [1.82, 2.24) is 30.4 Å². The largest absolute Gasteiger partial charge is 0.472 e. The van der Waals surface area contributed by atoms with E-state index in [4.69, 9.17) is 14.2 Å². The predicted molar refractivity (Wildman–Crippen MR) is 198 cm³/mol. The topological polar surface area (TPSA) is 190 Å². The molecule has 0 spiro atoms. The lowest BCUT2D eigenvalue weighted by molar-refractivity contribution is -0.141. The number of pyridine rings is 1. The maximum absolute atomic E-state index is 14.6. The highest BCUT2D eigenvalue weighted by atomic mass is 32.2. The third kappa shape index (κ3) is 7.39.